The topological polar surface area (TPSA) is 74.2 Å². The third-order valence-electron chi connectivity index (χ3n) is 4.29. The molecule has 1 aliphatic heterocycles. The molecule has 0 aliphatic carbocycles. The molecule has 0 aromatic carbocycles. The van der Waals surface area contributed by atoms with Gasteiger partial charge in [-0.3, -0.25) is 9.88 Å². The van der Waals surface area contributed by atoms with Crippen LogP contribution in [-0.2, 0) is 6.54 Å². The molecule has 2 N–H and O–H groups in total. The number of aromatic nitrogens is 3. The second-order valence-corrected chi connectivity index (χ2v) is 7.10. The van der Waals surface area contributed by atoms with Gasteiger partial charge in [0.15, 0.2) is 6.23 Å². The number of halogens is 2. The van der Waals surface area contributed by atoms with Gasteiger partial charge in [-0.05, 0) is 29.5 Å². The van der Waals surface area contributed by atoms with Crippen LogP contribution < -0.4 is 5.32 Å². The summed E-state index contributed by atoms with van der Waals surface area (Å²) in [7, 11) is 0. The molecule has 3 aromatic rings. The summed E-state index contributed by atoms with van der Waals surface area (Å²) in [6.07, 6.45) is 1.19. The average Bonchev–Trinajstić information content (AvgIpc) is 3.27. The molecule has 0 radical (unpaired) electrons. The van der Waals surface area contributed by atoms with Crippen LogP contribution in [0.25, 0.3) is 10.2 Å². The van der Waals surface area contributed by atoms with Crippen molar-refractivity contribution in [1.82, 2.24) is 19.9 Å². The maximum Gasteiger partial charge on any atom is 0.223 e. The van der Waals surface area contributed by atoms with Crippen LogP contribution in [-0.4, -0.2) is 44.2 Å². The van der Waals surface area contributed by atoms with E-state index in [1.54, 1.807) is 11.1 Å². The van der Waals surface area contributed by atoms with Crippen LogP contribution in [0.4, 0.5) is 14.7 Å². The Labute approximate surface area is 152 Å². The highest BCUT2D eigenvalue weighted by atomic mass is 32.1. The van der Waals surface area contributed by atoms with Crippen molar-refractivity contribution in [3.63, 3.8) is 0 Å². The smallest absolute Gasteiger partial charge is 0.223 e. The van der Waals surface area contributed by atoms with Gasteiger partial charge < -0.3 is 10.4 Å². The van der Waals surface area contributed by atoms with Gasteiger partial charge in [-0.1, -0.05) is 0 Å². The van der Waals surface area contributed by atoms with Crippen LogP contribution in [0.2, 0.25) is 0 Å². The number of nitrogens with one attached hydrogen (secondary N) is 1. The van der Waals surface area contributed by atoms with E-state index in [2.05, 4.69) is 20.3 Å². The Morgan fingerprint density at radius 2 is 2.27 bits per heavy atom. The van der Waals surface area contributed by atoms with Gasteiger partial charge in [0.25, 0.3) is 0 Å². The van der Waals surface area contributed by atoms with E-state index >= 15 is 0 Å². The van der Waals surface area contributed by atoms with E-state index in [9.17, 15) is 13.9 Å². The van der Waals surface area contributed by atoms with Gasteiger partial charge in [0, 0.05) is 25.8 Å². The minimum atomic E-state index is -0.990. The lowest BCUT2D eigenvalue weighted by atomic mass is 10.3. The number of likely N-dealkylation sites (tertiary alicyclic amines) is 1. The monoisotopic (exact) mass is 377 g/mol. The molecule has 1 fully saturated rings. The van der Waals surface area contributed by atoms with Crippen molar-refractivity contribution in [2.45, 2.75) is 25.4 Å². The number of alkyl halides is 1. The average molecular weight is 377 g/mol. The van der Waals surface area contributed by atoms with Crippen LogP contribution in [0.15, 0.2) is 29.9 Å². The van der Waals surface area contributed by atoms with Crippen molar-refractivity contribution < 1.29 is 13.9 Å². The summed E-state index contributed by atoms with van der Waals surface area (Å²) < 4.78 is 27.5. The minimum Gasteiger partial charge on any atom is -0.372 e. The fraction of sp³-hybridized carbons (Fsp3) is 0.353. The molecule has 1 saturated heterocycles. The maximum atomic E-state index is 13.5. The first-order chi connectivity index (χ1) is 12.6. The summed E-state index contributed by atoms with van der Waals surface area (Å²) in [4.78, 5) is 14.3. The Morgan fingerprint density at radius 1 is 1.38 bits per heavy atom. The van der Waals surface area contributed by atoms with Gasteiger partial charge in [0.2, 0.25) is 5.95 Å². The zero-order valence-corrected chi connectivity index (χ0v) is 14.6. The lowest BCUT2D eigenvalue weighted by Gasteiger charge is -2.22. The zero-order valence-electron chi connectivity index (χ0n) is 13.8. The Balaban J connectivity index is 1.60. The first kappa shape index (κ1) is 17.2. The molecule has 4 heterocycles. The molecule has 136 valence electrons. The highest BCUT2D eigenvalue weighted by molar-refractivity contribution is 7.17. The fourth-order valence-corrected chi connectivity index (χ4v) is 3.85. The van der Waals surface area contributed by atoms with E-state index in [4.69, 9.17) is 0 Å². The van der Waals surface area contributed by atoms with E-state index in [-0.39, 0.29) is 6.54 Å². The quantitative estimate of drug-likeness (QED) is 0.712. The van der Waals surface area contributed by atoms with Crippen LogP contribution in [0.3, 0.4) is 0 Å². The zero-order chi connectivity index (χ0) is 18.1. The highest BCUT2D eigenvalue weighted by Gasteiger charge is 2.30. The maximum absolute atomic E-state index is 13.5. The Kier molecular flexibility index (Phi) is 4.75. The van der Waals surface area contributed by atoms with Crippen molar-refractivity contribution in [1.29, 1.82) is 0 Å². The third kappa shape index (κ3) is 3.50. The largest absolute Gasteiger partial charge is 0.372 e. The minimum absolute atomic E-state index is 0.190. The SMILES string of the molecule is OC(c1nc(NCc2cncc(F)c2)nc2ccsc12)N1CC[C@H](F)C1. The Hall–Kier alpha value is -2.23. The molecule has 0 saturated carbocycles. The Morgan fingerprint density at radius 3 is 3.04 bits per heavy atom. The number of anilines is 1. The van der Waals surface area contributed by atoms with Crippen LogP contribution in [0.1, 0.15) is 23.9 Å². The van der Waals surface area contributed by atoms with Crippen molar-refractivity contribution >= 4 is 27.5 Å². The molecule has 0 amide bonds. The standard InChI is InChI=1S/C17H17F2N5OS/c18-11-1-3-24(9-11)16(25)14-15-13(2-4-26-15)22-17(23-14)21-7-10-5-12(19)8-20-6-10/h2,4-6,8,11,16,25H,1,3,7,9H2,(H,21,22,23)/t11-,16?/m0/s1. The van der Waals surface area contributed by atoms with Crippen molar-refractivity contribution in [2.75, 3.05) is 18.4 Å². The van der Waals surface area contributed by atoms with Crippen LogP contribution >= 0.6 is 11.3 Å². The number of fused-ring (bicyclic) bond motifs is 1. The first-order valence-electron chi connectivity index (χ1n) is 8.25. The fourth-order valence-electron chi connectivity index (χ4n) is 3.01. The molecule has 2 atom stereocenters. The molecule has 9 heteroatoms. The van der Waals surface area contributed by atoms with Gasteiger partial charge in [0.1, 0.15) is 17.7 Å². The van der Waals surface area contributed by atoms with Crippen LogP contribution in [0, 0.1) is 5.82 Å². The summed E-state index contributed by atoms with van der Waals surface area (Å²) >= 11 is 1.43. The summed E-state index contributed by atoms with van der Waals surface area (Å²) in [5.41, 5.74) is 1.81. The number of hydrogen-bond donors (Lipinski definition) is 2. The summed E-state index contributed by atoms with van der Waals surface area (Å²) in [6.45, 7) is 0.971. The van der Waals surface area contributed by atoms with Gasteiger partial charge in [-0.25, -0.2) is 18.7 Å². The van der Waals surface area contributed by atoms with Gasteiger partial charge >= 0.3 is 0 Å². The molecule has 0 bridgehead atoms. The number of hydrogen-bond acceptors (Lipinski definition) is 7. The molecule has 1 unspecified atom stereocenters. The van der Waals surface area contributed by atoms with E-state index in [1.807, 2.05) is 11.4 Å². The number of rotatable bonds is 5. The lowest BCUT2D eigenvalue weighted by Crippen LogP contribution is -2.27. The van der Waals surface area contributed by atoms with E-state index in [0.29, 0.717) is 42.2 Å². The number of aliphatic hydroxyl groups is 1. The van der Waals surface area contributed by atoms with E-state index in [1.165, 1.54) is 17.4 Å². The molecule has 3 aromatic heterocycles. The predicted octanol–water partition coefficient (Wildman–Crippen LogP) is 2.87. The number of nitrogens with zero attached hydrogens (tertiary/aromatic N) is 4. The summed E-state index contributed by atoms with van der Waals surface area (Å²) in [5, 5.41) is 15.6. The van der Waals surface area contributed by atoms with E-state index < -0.39 is 18.2 Å². The predicted molar refractivity (Wildman–Crippen MR) is 95.0 cm³/mol. The van der Waals surface area contributed by atoms with Crippen LogP contribution in [0.5, 0.6) is 0 Å². The second kappa shape index (κ2) is 7.18. The molecule has 26 heavy (non-hydrogen) atoms. The summed E-state index contributed by atoms with van der Waals surface area (Å²) in [6, 6.07) is 3.22. The molecule has 4 rings (SSSR count). The normalized spacial score (nSPS) is 19.1. The molecule has 0 spiro atoms. The third-order valence-corrected chi connectivity index (χ3v) is 5.22. The molecule has 6 nitrogen and oxygen atoms in total. The second-order valence-electron chi connectivity index (χ2n) is 6.19. The Bertz CT molecular complexity index is 921. The summed E-state index contributed by atoms with van der Waals surface area (Å²) in [5.74, 6) is -0.0883. The highest BCUT2D eigenvalue weighted by Crippen LogP contribution is 2.31. The van der Waals surface area contributed by atoms with Gasteiger partial charge in [-0.2, -0.15) is 0 Å². The van der Waals surface area contributed by atoms with Gasteiger partial charge in [0.05, 0.1) is 16.4 Å². The molecular weight excluding hydrogens is 360 g/mol. The lowest BCUT2D eigenvalue weighted by molar-refractivity contribution is 0.0130. The number of thiophene rings is 1. The van der Waals surface area contributed by atoms with Crippen molar-refractivity contribution in [3.05, 3.63) is 47.0 Å². The van der Waals surface area contributed by atoms with E-state index in [0.717, 1.165) is 10.9 Å². The molecule has 1 aliphatic rings. The van der Waals surface area contributed by atoms with Crippen molar-refractivity contribution in [3.8, 4) is 0 Å². The first-order valence-corrected chi connectivity index (χ1v) is 9.13. The molecular formula is C17H17F2N5OS. The number of pyridine rings is 1. The number of aliphatic hydroxyl groups excluding tert-OH is 1. The van der Waals surface area contributed by atoms with Gasteiger partial charge in [-0.15, -0.1) is 11.3 Å². The van der Waals surface area contributed by atoms with Crippen molar-refractivity contribution in [2.24, 2.45) is 0 Å².